The van der Waals surface area contributed by atoms with E-state index in [-0.39, 0.29) is 10.2 Å². The fourth-order valence-corrected chi connectivity index (χ4v) is 2.30. The van der Waals surface area contributed by atoms with Gasteiger partial charge in [0, 0.05) is 30.7 Å². The van der Waals surface area contributed by atoms with Crippen LogP contribution < -0.4 is 4.90 Å². The van der Waals surface area contributed by atoms with Crippen molar-refractivity contribution in [3.05, 3.63) is 22.3 Å². The number of rotatable bonds is 2. The number of amides is 1. The van der Waals surface area contributed by atoms with Gasteiger partial charge < -0.3 is 14.9 Å². The van der Waals surface area contributed by atoms with E-state index in [1.807, 2.05) is 0 Å². The highest BCUT2D eigenvalue weighted by molar-refractivity contribution is 9.10. The lowest BCUT2D eigenvalue weighted by molar-refractivity contribution is 0.142. The number of aromatic nitrogens is 1. The first-order valence-corrected chi connectivity index (χ1v) is 6.45. The monoisotopic (exact) mass is 335 g/mol. The van der Waals surface area contributed by atoms with Crippen LogP contribution in [-0.4, -0.2) is 47.3 Å². The second-order valence-electron chi connectivity index (χ2n) is 4.09. The number of hydrogen-bond acceptors (Lipinski definition) is 3. The Morgan fingerprint density at radius 2 is 1.95 bits per heavy atom. The Morgan fingerprint density at radius 3 is 2.47 bits per heavy atom. The van der Waals surface area contributed by atoms with Gasteiger partial charge in [-0.15, -0.1) is 0 Å². The highest BCUT2D eigenvalue weighted by atomic mass is 79.9. The van der Waals surface area contributed by atoms with Gasteiger partial charge in [0.05, 0.1) is 0 Å². The number of halogens is 3. The minimum absolute atomic E-state index is 0.274. The Morgan fingerprint density at radius 1 is 1.32 bits per heavy atom. The Hall–Kier alpha value is -1.44. The van der Waals surface area contributed by atoms with Gasteiger partial charge in [-0.2, -0.15) is 0 Å². The van der Waals surface area contributed by atoms with Gasteiger partial charge in [0.2, 0.25) is 0 Å². The Labute approximate surface area is 117 Å². The molecule has 0 unspecified atom stereocenters. The van der Waals surface area contributed by atoms with Crippen molar-refractivity contribution >= 4 is 27.8 Å². The van der Waals surface area contributed by atoms with E-state index in [9.17, 15) is 13.6 Å². The van der Waals surface area contributed by atoms with E-state index in [1.54, 1.807) is 11.0 Å². The first kappa shape index (κ1) is 14.0. The maximum absolute atomic E-state index is 12.7. The zero-order valence-electron chi connectivity index (χ0n) is 9.89. The van der Waals surface area contributed by atoms with E-state index in [2.05, 4.69) is 20.9 Å². The Kier molecular flexibility index (Phi) is 4.18. The summed E-state index contributed by atoms with van der Waals surface area (Å²) in [6.45, 7) is 1.58. The normalized spacial score (nSPS) is 16.0. The van der Waals surface area contributed by atoms with Crippen LogP contribution in [0, 0.1) is 0 Å². The van der Waals surface area contributed by atoms with Gasteiger partial charge in [-0.1, -0.05) is 0 Å². The van der Waals surface area contributed by atoms with Crippen LogP contribution in [-0.2, 0) is 0 Å². The van der Waals surface area contributed by atoms with Crippen molar-refractivity contribution in [3.8, 4) is 0 Å². The number of nitrogens with zero attached hydrogens (tertiary/aromatic N) is 3. The van der Waals surface area contributed by atoms with Crippen molar-refractivity contribution in [2.75, 3.05) is 31.1 Å². The lowest BCUT2D eigenvalue weighted by atomic mass is 10.3. The number of piperazine rings is 1. The zero-order chi connectivity index (χ0) is 14.0. The van der Waals surface area contributed by atoms with Crippen molar-refractivity contribution in [2.24, 2.45) is 0 Å². The molecule has 1 aromatic rings. The molecule has 0 radical (unpaired) electrons. The number of pyridine rings is 1. The molecular weight excluding hydrogens is 324 g/mol. The van der Waals surface area contributed by atoms with E-state index in [0.29, 0.717) is 32.0 Å². The molecular formula is C11H12BrF2N3O2. The summed E-state index contributed by atoms with van der Waals surface area (Å²) in [5.41, 5.74) is -0.293. The second kappa shape index (κ2) is 5.68. The molecule has 104 valence electrons. The summed E-state index contributed by atoms with van der Waals surface area (Å²) in [7, 11) is 0. The first-order valence-electron chi connectivity index (χ1n) is 5.66. The van der Waals surface area contributed by atoms with Gasteiger partial charge in [0.1, 0.15) is 11.5 Å². The lowest BCUT2D eigenvalue weighted by Crippen LogP contribution is -2.48. The lowest BCUT2D eigenvalue weighted by Gasteiger charge is -2.34. The molecule has 2 heterocycles. The van der Waals surface area contributed by atoms with E-state index < -0.39 is 12.5 Å². The zero-order valence-corrected chi connectivity index (χ0v) is 11.5. The van der Waals surface area contributed by atoms with Gasteiger partial charge >= 0.3 is 6.09 Å². The maximum Gasteiger partial charge on any atom is 0.407 e. The number of hydrogen-bond donors (Lipinski definition) is 1. The summed E-state index contributed by atoms with van der Waals surface area (Å²) in [6.07, 6.45) is -3.61. The predicted molar refractivity (Wildman–Crippen MR) is 68.7 cm³/mol. The van der Waals surface area contributed by atoms with Crippen LogP contribution in [0.25, 0.3) is 0 Å². The molecule has 0 aromatic carbocycles. The summed E-state index contributed by atoms with van der Waals surface area (Å²) in [6, 6.07) is 3.18. The fraction of sp³-hybridized carbons (Fsp3) is 0.455. The van der Waals surface area contributed by atoms with E-state index >= 15 is 0 Å². The highest BCUT2D eigenvalue weighted by Gasteiger charge is 2.22. The van der Waals surface area contributed by atoms with Crippen molar-refractivity contribution in [3.63, 3.8) is 0 Å². The van der Waals surface area contributed by atoms with Crippen molar-refractivity contribution < 1.29 is 18.7 Å². The summed E-state index contributed by atoms with van der Waals surface area (Å²) in [5, 5.41) is 8.83. The van der Waals surface area contributed by atoms with Crippen LogP contribution in [0.4, 0.5) is 19.4 Å². The van der Waals surface area contributed by atoms with E-state index in [1.165, 1.54) is 11.0 Å². The smallest absolute Gasteiger partial charge is 0.407 e. The SMILES string of the molecule is O=C(O)N1CCN(c2ccc(Br)c(C(F)F)n2)CC1. The van der Waals surface area contributed by atoms with Gasteiger partial charge in [-0.05, 0) is 28.1 Å². The van der Waals surface area contributed by atoms with Crippen molar-refractivity contribution in [1.82, 2.24) is 9.88 Å². The molecule has 0 atom stereocenters. The van der Waals surface area contributed by atoms with Gasteiger partial charge in [-0.3, -0.25) is 0 Å². The average molecular weight is 336 g/mol. The molecule has 5 nitrogen and oxygen atoms in total. The Bertz CT molecular complexity index is 479. The molecule has 0 aliphatic carbocycles. The molecule has 1 amide bonds. The highest BCUT2D eigenvalue weighted by Crippen LogP contribution is 2.28. The Balaban J connectivity index is 2.11. The molecule has 2 rings (SSSR count). The van der Waals surface area contributed by atoms with Crippen LogP contribution >= 0.6 is 15.9 Å². The quantitative estimate of drug-likeness (QED) is 0.902. The molecule has 1 N–H and O–H groups in total. The van der Waals surface area contributed by atoms with E-state index in [0.717, 1.165) is 0 Å². The van der Waals surface area contributed by atoms with Crippen LogP contribution in [0.3, 0.4) is 0 Å². The first-order chi connectivity index (χ1) is 8.99. The third kappa shape index (κ3) is 3.12. The number of carbonyl (C=O) groups is 1. The fourth-order valence-electron chi connectivity index (χ4n) is 1.90. The molecule has 1 aliphatic heterocycles. The van der Waals surface area contributed by atoms with Gasteiger partial charge in [0.15, 0.2) is 0 Å². The summed E-state index contributed by atoms with van der Waals surface area (Å²) in [4.78, 5) is 17.8. The molecule has 19 heavy (non-hydrogen) atoms. The number of carboxylic acid groups (broad SMARTS) is 1. The minimum Gasteiger partial charge on any atom is -0.465 e. The topological polar surface area (TPSA) is 56.7 Å². The summed E-state index contributed by atoms with van der Waals surface area (Å²) >= 11 is 3.04. The number of anilines is 1. The maximum atomic E-state index is 12.7. The molecule has 8 heteroatoms. The second-order valence-corrected chi connectivity index (χ2v) is 4.95. The molecule has 0 spiro atoms. The molecule has 1 aliphatic rings. The van der Waals surface area contributed by atoms with Crippen molar-refractivity contribution in [2.45, 2.75) is 6.43 Å². The minimum atomic E-state index is -2.64. The standard InChI is InChI=1S/C11H12BrF2N3O2/c12-7-1-2-8(15-9(7)10(13)14)16-3-5-17(6-4-16)11(18)19/h1-2,10H,3-6H2,(H,18,19). The molecule has 1 fully saturated rings. The predicted octanol–water partition coefficient (Wildman–Crippen LogP) is 2.58. The van der Waals surface area contributed by atoms with Crippen LogP contribution in [0.15, 0.2) is 16.6 Å². The van der Waals surface area contributed by atoms with Crippen molar-refractivity contribution in [1.29, 1.82) is 0 Å². The van der Waals surface area contributed by atoms with Crippen LogP contribution in [0.5, 0.6) is 0 Å². The molecule has 0 bridgehead atoms. The third-order valence-corrected chi connectivity index (χ3v) is 3.61. The molecule has 0 saturated carbocycles. The summed E-state index contributed by atoms with van der Waals surface area (Å²) in [5.74, 6) is 0.448. The van der Waals surface area contributed by atoms with Crippen LogP contribution in [0.2, 0.25) is 0 Å². The summed E-state index contributed by atoms with van der Waals surface area (Å²) < 4.78 is 25.8. The van der Waals surface area contributed by atoms with Crippen LogP contribution in [0.1, 0.15) is 12.1 Å². The molecule has 1 aromatic heterocycles. The number of alkyl halides is 2. The average Bonchev–Trinajstić information content (AvgIpc) is 2.39. The van der Waals surface area contributed by atoms with Gasteiger partial charge in [0.25, 0.3) is 6.43 Å². The van der Waals surface area contributed by atoms with E-state index in [4.69, 9.17) is 5.11 Å². The largest absolute Gasteiger partial charge is 0.465 e. The van der Waals surface area contributed by atoms with Gasteiger partial charge in [-0.25, -0.2) is 18.6 Å². The molecule has 1 saturated heterocycles. The third-order valence-electron chi connectivity index (χ3n) is 2.94.